The number of hydrogen-bond donors (Lipinski definition) is 3. The molecule has 1 saturated carbocycles. The van der Waals surface area contributed by atoms with Crippen LogP contribution in [0.1, 0.15) is 37.6 Å². The standard InChI is InChI=1S/C16H23N3O3/c1-4-22-12-9-16(18,15(12,2)3)14(21)19-11-7-5-6-10(8-11)13(17)20/h5-8,12H,4,9,18H2,1-3H3,(H2,17,20)(H,19,21). The lowest BCUT2D eigenvalue weighted by Crippen LogP contribution is -2.74. The van der Waals surface area contributed by atoms with E-state index in [1.165, 1.54) is 6.07 Å². The van der Waals surface area contributed by atoms with E-state index in [1.807, 2.05) is 20.8 Å². The summed E-state index contributed by atoms with van der Waals surface area (Å²) in [6.07, 6.45) is 0.431. The Bertz CT molecular complexity index is 600. The highest BCUT2D eigenvalue weighted by Crippen LogP contribution is 2.50. The van der Waals surface area contributed by atoms with Gasteiger partial charge in [0.2, 0.25) is 11.8 Å². The lowest BCUT2D eigenvalue weighted by Gasteiger charge is -2.57. The number of rotatable bonds is 5. The maximum atomic E-state index is 12.6. The first-order valence-corrected chi connectivity index (χ1v) is 7.34. The average Bonchev–Trinajstić information content (AvgIpc) is 2.47. The van der Waals surface area contributed by atoms with Crippen molar-refractivity contribution in [1.82, 2.24) is 0 Å². The third-order valence-electron chi connectivity index (χ3n) is 4.64. The minimum absolute atomic E-state index is 0.0368. The molecule has 2 atom stereocenters. The molecule has 2 rings (SSSR count). The molecule has 1 aromatic rings. The number of nitrogens with two attached hydrogens (primary N) is 2. The van der Waals surface area contributed by atoms with E-state index >= 15 is 0 Å². The molecular formula is C16H23N3O3. The van der Waals surface area contributed by atoms with Gasteiger partial charge in [-0.15, -0.1) is 0 Å². The van der Waals surface area contributed by atoms with Gasteiger partial charge in [0.1, 0.15) is 5.54 Å². The minimum atomic E-state index is -1.00. The van der Waals surface area contributed by atoms with Gasteiger partial charge >= 0.3 is 0 Å². The average molecular weight is 305 g/mol. The van der Waals surface area contributed by atoms with Gasteiger partial charge in [0.15, 0.2) is 0 Å². The Kier molecular flexibility index (Phi) is 4.26. The second-order valence-electron chi connectivity index (χ2n) is 6.24. The van der Waals surface area contributed by atoms with Crippen molar-refractivity contribution in [2.45, 2.75) is 38.8 Å². The number of benzene rings is 1. The Hall–Kier alpha value is -1.92. The van der Waals surface area contributed by atoms with Crippen LogP contribution < -0.4 is 16.8 Å². The highest BCUT2D eigenvalue weighted by molar-refractivity contribution is 6.01. The van der Waals surface area contributed by atoms with E-state index in [1.54, 1.807) is 18.2 Å². The highest BCUT2D eigenvalue weighted by Gasteiger charge is 2.62. The predicted molar refractivity (Wildman–Crippen MR) is 84.3 cm³/mol. The first-order valence-electron chi connectivity index (χ1n) is 7.34. The Balaban J connectivity index is 2.13. The van der Waals surface area contributed by atoms with E-state index < -0.39 is 16.9 Å². The lowest BCUT2D eigenvalue weighted by atomic mass is 9.54. The zero-order valence-electron chi connectivity index (χ0n) is 13.2. The van der Waals surface area contributed by atoms with E-state index in [9.17, 15) is 9.59 Å². The van der Waals surface area contributed by atoms with Crippen LogP contribution in [0, 0.1) is 5.41 Å². The zero-order valence-corrected chi connectivity index (χ0v) is 13.2. The van der Waals surface area contributed by atoms with E-state index in [2.05, 4.69) is 5.32 Å². The first kappa shape index (κ1) is 16.5. The molecule has 1 aliphatic carbocycles. The van der Waals surface area contributed by atoms with Crippen LogP contribution in [0.5, 0.6) is 0 Å². The monoisotopic (exact) mass is 305 g/mol. The summed E-state index contributed by atoms with van der Waals surface area (Å²) in [5.74, 6) is -0.825. The zero-order chi connectivity index (χ0) is 16.5. The van der Waals surface area contributed by atoms with Gasteiger partial charge < -0.3 is 21.5 Å². The molecule has 0 bridgehead atoms. The molecule has 2 amide bonds. The fraction of sp³-hybridized carbons (Fsp3) is 0.500. The quantitative estimate of drug-likeness (QED) is 0.761. The summed E-state index contributed by atoms with van der Waals surface area (Å²) in [5.41, 5.74) is 10.9. The third kappa shape index (κ3) is 2.60. The van der Waals surface area contributed by atoms with Crippen LogP contribution in [0.3, 0.4) is 0 Å². The van der Waals surface area contributed by atoms with Gasteiger partial charge in [-0.25, -0.2) is 0 Å². The van der Waals surface area contributed by atoms with Gasteiger partial charge in [0, 0.05) is 29.7 Å². The van der Waals surface area contributed by atoms with Crippen LogP contribution in [-0.4, -0.2) is 30.1 Å². The van der Waals surface area contributed by atoms with Crippen molar-refractivity contribution in [3.8, 4) is 0 Å². The predicted octanol–water partition coefficient (Wildman–Crippen LogP) is 1.26. The van der Waals surface area contributed by atoms with Crippen LogP contribution in [0.15, 0.2) is 24.3 Å². The molecule has 0 heterocycles. The summed E-state index contributed by atoms with van der Waals surface area (Å²) >= 11 is 0. The Morgan fingerprint density at radius 1 is 1.41 bits per heavy atom. The molecule has 6 nitrogen and oxygen atoms in total. The number of ether oxygens (including phenoxy) is 1. The fourth-order valence-corrected chi connectivity index (χ4v) is 2.81. The molecule has 120 valence electrons. The molecule has 0 radical (unpaired) electrons. The molecular weight excluding hydrogens is 282 g/mol. The summed E-state index contributed by atoms with van der Waals surface area (Å²) in [5, 5.41) is 2.77. The largest absolute Gasteiger partial charge is 0.378 e. The van der Waals surface area contributed by atoms with Gasteiger partial charge in [-0.05, 0) is 25.1 Å². The SMILES string of the molecule is CCOC1CC(N)(C(=O)Nc2cccc(C(N)=O)c2)C1(C)C. The maximum Gasteiger partial charge on any atom is 0.248 e. The second-order valence-corrected chi connectivity index (χ2v) is 6.24. The number of hydrogen-bond acceptors (Lipinski definition) is 4. The molecule has 1 aromatic carbocycles. The van der Waals surface area contributed by atoms with Crippen molar-refractivity contribution in [2.75, 3.05) is 11.9 Å². The van der Waals surface area contributed by atoms with Gasteiger partial charge in [-0.1, -0.05) is 19.9 Å². The topological polar surface area (TPSA) is 107 Å². The van der Waals surface area contributed by atoms with Crippen molar-refractivity contribution in [2.24, 2.45) is 16.9 Å². The normalized spacial score (nSPS) is 26.1. The van der Waals surface area contributed by atoms with Crippen LogP contribution in [-0.2, 0) is 9.53 Å². The molecule has 2 unspecified atom stereocenters. The maximum absolute atomic E-state index is 12.6. The number of anilines is 1. The van der Waals surface area contributed by atoms with E-state index in [4.69, 9.17) is 16.2 Å². The van der Waals surface area contributed by atoms with Gasteiger partial charge in [-0.2, -0.15) is 0 Å². The Morgan fingerprint density at radius 3 is 2.64 bits per heavy atom. The molecule has 1 fully saturated rings. The minimum Gasteiger partial charge on any atom is -0.378 e. The molecule has 0 spiro atoms. The number of carbonyl (C=O) groups is 2. The summed E-state index contributed by atoms with van der Waals surface area (Å²) in [7, 11) is 0. The Morgan fingerprint density at radius 2 is 2.09 bits per heavy atom. The van der Waals surface area contributed by atoms with Gasteiger partial charge in [-0.3, -0.25) is 9.59 Å². The molecule has 0 aromatic heterocycles. The van der Waals surface area contributed by atoms with Crippen molar-refractivity contribution in [3.05, 3.63) is 29.8 Å². The van der Waals surface area contributed by atoms with Crippen molar-refractivity contribution in [3.63, 3.8) is 0 Å². The number of nitrogens with one attached hydrogen (secondary N) is 1. The number of carbonyl (C=O) groups excluding carboxylic acids is 2. The van der Waals surface area contributed by atoms with Crippen LogP contribution in [0.4, 0.5) is 5.69 Å². The van der Waals surface area contributed by atoms with Gasteiger partial charge in [0.25, 0.3) is 0 Å². The third-order valence-corrected chi connectivity index (χ3v) is 4.64. The van der Waals surface area contributed by atoms with Gasteiger partial charge in [0.05, 0.1) is 6.10 Å². The van der Waals surface area contributed by atoms with E-state index in [0.29, 0.717) is 24.3 Å². The second kappa shape index (κ2) is 5.70. The summed E-state index contributed by atoms with van der Waals surface area (Å²) in [6.45, 7) is 6.36. The molecule has 0 saturated heterocycles. The molecule has 1 aliphatic rings. The van der Waals surface area contributed by atoms with Crippen LogP contribution >= 0.6 is 0 Å². The molecule has 22 heavy (non-hydrogen) atoms. The van der Waals surface area contributed by atoms with E-state index in [0.717, 1.165) is 0 Å². The van der Waals surface area contributed by atoms with Crippen molar-refractivity contribution in [1.29, 1.82) is 0 Å². The van der Waals surface area contributed by atoms with E-state index in [-0.39, 0.29) is 12.0 Å². The first-order chi connectivity index (χ1) is 10.2. The van der Waals surface area contributed by atoms with Crippen molar-refractivity contribution >= 4 is 17.5 Å². The number of primary amides is 1. The highest BCUT2D eigenvalue weighted by atomic mass is 16.5. The molecule has 0 aliphatic heterocycles. The summed E-state index contributed by atoms with van der Waals surface area (Å²) in [6, 6.07) is 6.48. The van der Waals surface area contributed by atoms with Crippen LogP contribution in [0.25, 0.3) is 0 Å². The number of amides is 2. The van der Waals surface area contributed by atoms with Crippen LogP contribution in [0.2, 0.25) is 0 Å². The Labute approximate surface area is 130 Å². The summed E-state index contributed by atoms with van der Waals surface area (Å²) in [4.78, 5) is 23.7. The smallest absolute Gasteiger partial charge is 0.248 e. The molecule has 5 N–H and O–H groups in total. The summed E-state index contributed by atoms with van der Waals surface area (Å²) < 4.78 is 5.62. The molecule has 6 heteroatoms. The lowest BCUT2D eigenvalue weighted by molar-refractivity contribution is -0.166. The fourth-order valence-electron chi connectivity index (χ4n) is 2.81. The van der Waals surface area contributed by atoms with Crippen molar-refractivity contribution < 1.29 is 14.3 Å².